The minimum atomic E-state index is -0.733. The molecule has 19 heavy (non-hydrogen) atoms. The molecule has 1 aromatic heterocycles. The van der Waals surface area contributed by atoms with Crippen LogP contribution in [0.1, 0.15) is 43.4 Å². The van der Waals surface area contributed by atoms with Gasteiger partial charge in [0.25, 0.3) is 0 Å². The van der Waals surface area contributed by atoms with Gasteiger partial charge >= 0.3 is 5.97 Å². The number of aromatic nitrogens is 2. The second-order valence-corrected chi connectivity index (χ2v) is 5.37. The van der Waals surface area contributed by atoms with Crippen molar-refractivity contribution in [3.63, 3.8) is 0 Å². The van der Waals surface area contributed by atoms with Gasteiger partial charge in [0.2, 0.25) is 0 Å². The number of aliphatic carboxylic acids is 1. The Bertz CT molecular complexity index is 490. The van der Waals surface area contributed by atoms with E-state index in [1.165, 1.54) is 12.0 Å². The lowest BCUT2D eigenvalue weighted by molar-refractivity contribution is -0.139. The molecule has 1 unspecified atom stereocenters. The zero-order valence-electron chi connectivity index (χ0n) is 11.0. The summed E-state index contributed by atoms with van der Waals surface area (Å²) in [4.78, 5) is 22.2. The molecule has 2 heterocycles. The summed E-state index contributed by atoms with van der Waals surface area (Å²) in [6, 6.07) is -0.422. The van der Waals surface area contributed by atoms with Crippen molar-refractivity contribution in [1.29, 1.82) is 0 Å². The van der Waals surface area contributed by atoms with Crippen LogP contribution >= 0.6 is 0 Å². The molecule has 1 saturated heterocycles. The minimum Gasteiger partial charge on any atom is -0.480 e. The fraction of sp³-hybridized carbons (Fsp3) is 0.643. The highest BCUT2D eigenvalue weighted by Gasteiger charge is 2.31. The third-order valence-corrected chi connectivity index (χ3v) is 4.16. The van der Waals surface area contributed by atoms with Crippen molar-refractivity contribution in [1.82, 2.24) is 9.97 Å². The van der Waals surface area contributed by atoms with Crippen LogP contribution in [0.15, 0.2) is 6.33 Å². The van der Waals surface area contributed by atoms with E-state index in [2.05, 4.69) is 9.97 Å². The lowest BCUT2D eigenvalue weighted by atomic mass is 9.94. The number of fused-ring (bicyclic) bond motifs is 1. The maximum atomic E-state index is 11.4. The fourth-order valence-corrected chi connectivity index (χ4v) is 3.19. The van der Waals surface area contributed by atoms with E-state index in [4.69, 9.17) is 0 Å². The predicted molar refractivity (Wildman–Crippen MR) is 71.3 cm³/mol. The van der Waals surface area contributed by atoms with E-state index in [0.717, 1.165) is 50.2 Å². The van der Waals surface area contributed by atoms with Gasteiger partial charge in [0, 0.05) is 17.8 Å². The van der Waals surface area contributed by atoms with Crippen LogP contribution in [-0.2, 0) is 17.6 Å². The monoisotopic (exact) mass is 261 g/mol. The molecule has 0 spiro atoms. The maximum absolute atomic E-state index is 11.4. The first kappa shape index (κ1) is 12.4. The second kappa shape index (κ2) is 5.15. The Morgan fingerprint density at radius 1 is 1.21 bits per heavy atom. The summed E-state index contributed by atoms with van der Waals surface area (Å²) >= 11 is 0. The fourth-order valence-electron chi connectivity index (χ4n) is 3.19. The SMILES string of the molecule is O=C(O)C1CCCCN1c1ncnc2c1CCCC2. The topological polar surface area (TPSA) is 66.3 Å². The second-order valence-electron chi connectivity index (χ2n) is 5.37. The molecule has 5 heteroatoms. The highest BCUT2D eigenvalue weighted by molar-refractivity contribution is 5.78. The Morgan fingerprint density at radius 3 is 2.89 bits per heavy atom. The molecule has 3 rings (SSSR count). The van der Waals surface area contributed by atoms with Crippen molar-refractivity contribution in [3.05, 3.63) is 17.6 Å². The van der Waals surface area contributed by atoms with Gasteiger partial charge in [-0.05, 0) is 44.9 Å². The standard InChI is InChI=1S/C14H19N3O2/c18-14(19)12-7-3-4-8-17(12)13-10-5-1-2-6-11(10)15-9-16-13/h9,12H,1-8H2,(H,18,19). The molecule has 0 aromatic carbocycles. The van der Waals surface area contributed by atoms with E-state index in [1.54, 1.807) is 6.33 Å². The average molecular weight is 261 g/mol. The molecule has 1 aliphatic heterocycles. The average Bonchev–Trinajstić information content (AvgIpc) is 2.46. The Labute approximate surface area is 112 Å². The molecular weight excluding hydrogens is 242 g/mol. The van der Waals surface area contributed by atoms with Crippen molar-refractivity contribution < 1.29 is 9.90 Å². The molecule has 0 saturated carbocycles. The number of aryl methyl sites for hydroxylation is 1. The third kappa shape index (κ3) is 2.29. The molecule has 1 aromatic rings. The van der Waals surface area contributed by atoms with Gasteiger partial charge in [0.1, 0.15) is 18.2 Å². The van der Waals surface area contributed by atoms with Crippen molar-refractivity contribution >= 4 is 11.8 Å². The lowest BCUT2D eigenvalue weighted by Gasteiger charge is -2.35. The summed E-state index contributed by atoms with van der Waals surface area (Å²) in [6.45, 7) is 0.792. The highest BCUT2D eigenvalue weighted by Crippen LogP contribution is 2.31. The number of carbonyl (C=O) groups is 1. The van der Waals surface area contributed by atoms with Crippen molar-refractivity contribution in [2.45, 2.75) is 51.0 Å². The molecule has 1 aliphatic carbocycles. The maximum Gasteiger partial charge on any atom is 0.326 e. The van der Waals surface area contributed by atoms with Crippen LogP contribution in [0, 0.1) is 0 Å². The number of carboxylic acids is 1. The van der Waals surface area contributed by atoms with Crippen molar-refractivity contribution in [2.75, 3.05) is 11.4 Å². The smallest absolute Gasteiger partial charge is 0.326 e. The van der Waals surface area contributed by atoms with E-state index >= 15 is 0 Å². The minimum absolute atomic E-state index is 0.422. The van der Waals surface area contributed by atoms with Crippen LogP contribution in [0.2, 0.25) is 0 Å². The van der Waals surface area contributed by atoms with E-state index in [-0.39, 0.29) is 0 Å². The third-order valence-electron chi connectivity index (χ3n) is 4.16. The molecular formula is C14H19N3O2. The Kier molecular flexibility index (Phi) is 3.36. The number of rotatable bonds is 2. The molecule has 0 radical (unpaired) electrons. The quantitative estimate of drug-likeness (QED) is 0.879. The zero-order valence-corrected chi connectivity index (χ0v) is 11.0. The molecule has 1 atom stereocenters. The largest absolute Gasteiger partial charge is 0.480 e. The first-order valence-electron chi connectivity index (χ1n) is 7.09. The number of nitrogens with zero attached hydrogens (tertiary/aromatic N) is 3. The van der Waals surface area contributed by atoms with E-state index < -0.39 is 12.0 Å². The van der Waals surface area contributed by atoms with E-state index in [1.807, 2.05) is 4.90 Å². The van der Waals surface area contributed by atoms with E-state index in [9.17, 15) is 9.90 Å². The molecule has 102 valence electrons. The van der Waals surface area contributed by atoms with Crippen LogP contribution in [0.5, 0.6) is 0 Å². The van der Waals surface area contributed by atoms with Gasteiger partial charge in [-0.15, -0.1) is 0 Å². The van der Waals surface area contributed by atoms with Gasteiger partial charge < -0.3 is 10.0 Å². The number of carboxylic acid groups (broad SMARTS) is 1. The lowest BCUT2D eigenvalue weighted by Crippen LogP contribution is -2.45. The zero-order chi connectivity index (χ0) is 13.2. The Morgan fingerprint density at radius 2 is 2.05 bits per heavy atom. The van der Waals surface area contributed by atoms with Crippen molar-refractivity contribution in [3.8, 4) is 0 Å². The van der Waals surface area contributed by atoms with Crippen LogP contribution in [0.3, 0.4) is 0 Å². The van der Waals surface area contributed by atoms with Gasteiger partial charge in [-0.25, -0.2) is 14.8 Å². The number of piperidine rings is 1. The summed E-state index contributed by atoms with van der Waals surface area (Å²) < 4.78 is 0. The van der Waals surface area contributed by atoms with Crippen LogP contribution in [0.25, 0.3) is 0 Å². The van der Waals surface area contributed by atoms with Gasteiger partial charge in [-0.2, -0.15) is 0 Å². The molecule has 2 aliphatic rings. The first-order chi connectivity index (χ1) is 9.27. The van der Waals surface area contributed by atoms with Crippen LogP contribution in [-0.4, -0.2) is 33.6 Å². The predicted octanol–water partition coefficient (Wildman–Crippen LogP) is 1.80. The first-order valence-corrected chi connectivity index (χ1v) is 7.09. The summed E-state index contributed by atoms with van der Waals surface area (Å²) in [6.07, 6.45) is 8.64. The summed E-state index contributed by atoms with van der Waals surface area (Å²) in [7, 11) is 0. The molecule has 1 N–H and O–H groups in total. The summed E-state index contributed by atoms with van der Waals surface area (Å²) in [5, 5.41) is 9.39. The molecule has 1 fully saturated rings. The summed E-state index contributed by atoms with van der Waals surface area (Å²) in [5.41, 5.74) is 2.30. The van der Waals surface area contributed by atoms with Crippen LogP contribution < -0.4 is 4.90 Å². The van der Waals surface area contributed by atoms with Gasteiger partial charge in [0.05, 0.1) is 0 Å². The number of anilines is 1. The Balaban J connectivity index is 1.98. The van der Waals surface area contributed by atoms with Crippen molar-refractivity contribution in [2.24, 2.45) is 0 Å². The van der Waals surface area contributed by atoms with Gasteiger partial charge in [0.15, 0.2) is 0 Å². The normalized spacial score (nSPS) is 22.9. The van der Waals surface area contributed by atoms with Crippen LogP contribution in [0.4, 0.5) is 5.82 Å². The van der Waals surface area contributed by atoms with Gasteiger partial charge in [-0.1, -0.05) is 0 Å². The highest BCUT2D eigenvalue weighted by atomic mass is 16.4. The number of hydrogen-bond donors (Lipinski definition) is 1. The molecule has 0 amide bonds. The molecule has 0 bridgehead atoms. The molecule has 5 nitrogen and oxygen atoms in total. The number of hydrogen-bond acceptors (Lipinski definition) is 4. The van der Waals surface area contributed by atoms with E-state index in [0.29, 0.717) is 6.42 Å². The Hall–Kier alpha value is -1.65. The van der Waals surface area contributed by atoms with Gasteiger partial charge in [-0.3, -0.25) is 0 Å². The summed E-state index contributed by atoms with van der Waals surface area (Å²) in [5.74, 6) is 0.139.